The Balaban J connectivity index is 2.80. The summed E-state index contributed by atoms with van der Waals surface area (Å²) in [6, 6.07) is 2.66. The van der Waals surface area contributed by atoms with Gasteiger partial charge in [0, 0.05) is 6.42 Å². The molecule has 0 aliphatic rings. The van der Waals surface area contributed by atoms with Gasteiger partial charge in [-0.1, -0.05) is 12.1 Å². The highest BCUT2D eigenvalue weighted by Crippen LogP contribution is 2.11. The highest BCUT2D eigenvalue weighted by molar-refractivity contribution is 5.94. The molecule has 1 rings (SSSR count). The van der Waals surface area contributed by atoms with Crippen LogP contribution < -0.4 is 21.7 Å². The molecule has 8 N–H and O–H groups in total. The molecule has 0 saturated carbocycles. The summed E-state index contributed by atoms with van der Waals surface area (Å²) >= 11 is 0. The van der Waals surface area contributed by atoms with Gasteiger partial charge >= 0.3 is 11.9 Å². The van der Waals surface area contributed by atoms with E-state index in [0.717, 1.165) is 0 Å². The van der Waals surface area contributed by atoms with Gasteiger partial charge in [-0.25, -0.2) is 4.79 Å². The van der Waals surface area contributed by atoms with Gasteiger partial charge in [-0.3, -0.25) is 19.2 Å². The molecule has 0 spiro atoms. The molecule has 0 fully saturated rings. The first kappa shape index (κ1) is 23.4. The van der Waals surface area contributed by atoms with Gasteiger partial charge in [0.1, 0.15) is 17.8 Å². The Morgan fingerprint density at radius 1 is 0.931 bits per heavy atom. The van der Waals surface area contributed by atoms with Crippen LogP contribution in [0.15, 0.2) is 24.3 Å². The fraction of sp³-hybridized carbons (Fsp3) is 0.353. The summed E-state index contributed by atoms with van der Waals surface area (Å²) in [6.45, 7) is -0.890. The van der Waals surface area contributed by atoms with Crippen LogP contribution in [-0.2, 0) is 30.4 Å². The molecular weight excluding hydrogens is 388 g/mol. The molecule has 12 heteroatoms. The van der Waals surface area contributed by atoms with Crippen LogP contribution in [0.3, 0.4) is 0 Å². The Kier molecular flexibility index (Phi) is 9.05. The van der Waals surface area contributed by atoms with E-state index in [9.17, 15) is 34.2 Å². The number of phenols is 1. The zero-order valence-corrected chi connectivity index (χ0v) is 15.3. The fourth-order valence-electron chi connectivity index (χ4n) is 2.22. The quantitative estimate of drug-likeness (QED) is 0.206. The lowest BCUT2D eigenvalue weighted by atomic mass is 10.0. The van der Waals surface area contributed by atoms with E-state index in [1.165, 1.54) is 24.3 Å². The number of carbonyl (C=O) groups excluding carboxylic acids is 3. The maximum absolute atomic E-state index is 12.4. The second kappa shape index (κ2) is 11.2. The average Bonchev–Trinajstić information content (AvgIpc) is 2.66. The number of hydrogen-bond acceptors (Lipinski definition) is 7. The highest BCUT2D eigenvalue weighted by Gasteiger charge is 2.28. The third kappa shape index (κ3) is 8.71. The number of aromatic hydroxyl groups is 1. The SMILES string of the molecule is NCC(=O)NCC(=O)NC(CC(=O)O)C(=O)NC(Cc1ccc(O)cc1)C(=O)O. The molecule has 158 valence electrons. The smallest absolute Gasteiger partial charge is 0.326 e. The summed E-state index contributed by atoms with van der Waals surface area (Å²) in [5.41, 5.74) is 5.57. The predicted octanol–water partition coefficient (Wildman–Crippen LogP) is -2.46. The summed E-state index contributed by atoms with van der Waals surface area (Å²) in [6.07, 6.45) is -0.935. The van der Waals surface area contributed by atoms with Crippen molar-refractivity contribution < 1.29 is 39.3 Å². The van der Waals surface area contributed by atoms with E-state index < -0.39 is 54.7 Å². The maximum atomic E-state index is 12.4. The van der Waals surface area contributed by atoms with E-state index in [0.29, 0.717) is 5.56 Å². The molecule has 0 aliphatic heterocycles. The van der Waals surface area contributed by atoms with E-state index in [4.69, 9.17) is 10.8 Å². The van der Waals surface area contributed by atoms with Crippen LogP contribution in [0.2, 0.25) is 0 Å². The lowest BCUT2D eigenvalue weighted by Gasteiger charge is -2.20. The molecule has 2 unspecified atom stereocenters. The first-order chi connectivity index (χ1) is 13.6. The second-order valence-corrected chi connectivity index (χ2v) is 5.97. The summed E-state index contributed by atoms with van der Waals surface area (Å²) < 4.78 is 0. The largest absolute Gasteiger partial charge is 0.508 e. The molecule has 1 aromatic rings. The minimum Gasteiger partial charge on any atom is -0.508 e. The highest BCUT2D eigenvalue weighted by atomic mass is 16.4. The number of phenolic OH excluding ortho intramolecular Hbond substituents is 1. The topological polar surface area (TPSA) is 208 Å². The predicted molar refractivity (Wildman–Crippen MR) is 97.6 cm³/mol. The Morgan fingerprint density at radius 3 is 2.07 bits per heavy atom. The monoisotopic (exact) mass is 410 g/mol. The molecule has 0 aliphatic carbocycles. The summed E-state index contributed by atoms with van der Waals surface area (Å²) in [7, 11) is 0. The van der Waals surface area contributed by atoms with Crippen molar-refractivity contribution in [2.24, 2.45) is 5.73 Å². The Labute approximate surface area is 165 Å². The number of aliphatic carboxylic acids is 2. The Morgan fingerprint density at radius 2 is 1.55 bits per heavy atom. The van der Waals surface area contributed by atoms with Crippen molar-refractivity contribution >= 4 is 29.7 Å². The van der Waals surface area contributed by atoms with Gasteiger partial charge in [0.25, 0.3) is 0 Å². The first-order valence-electron chi connectivity index (χ1n) is 8.41. The lowest BCUT2D eigenvalue weighted by molar-refractivity contribution is -0.143. The fourth-order valence-corrected chi connectivity index (χ4v) is 2.22. The molecule has 0 radical (unpaired) electrons. The van der Waals surface area contributed by atoms with Crippen LogP contribution in [0.5, 0.6) is 5.75 Å². The zero-order chi connectivity index (χ0) is 22.0. The molecule has 12 nitrogen and oxygen atoms in total. The number of hydrogen-bond donors (Lipinski definition) is 7. The number of rotatable bonds is 11. The third-order valence-electron chi connectivity index (χ3n) is 3.65. The number of carboxylic acids is 2. The third-order valence-corrected chi connectivity index (χ3v) is 3.65. The number of benzene rings is 1. The summed E-state index contributed by atoms with van der Waals surface area (Å²) in [5.74, 6) is -5.28. The Bertz CT molecular complexity index is 765. The number of carbonyl (C=O) groups is 5. The van der Waals surface area contributed by atoms with Crippen molar-refractivity contribution in [1.82, 2.24) is 16.0 Å². The lowest BCUT2D eigenvalue weighted by Crippen LogP contribution is -2.54. The van der Waals surface area contributed by atoms with Gasteiger partial charge in [-0.2, -0.15) is 0 Å². The molecule has 29 heavy (non-hydrogen) atoms. The van der Waals surface area contributed by atoms with Crippen LogP contribution in [-0.4, -0.2) is 70.2 Å². The summed E-state index contributed by atoms with van der Waals surface area (Å²) in [4.78, 5) is 57.7. The first-order valence-corrected chi connectivity index (χ1v) is 8.41. The standard InChI is InChI=1S/C17H22N4O8/c18-7-13(23)19-8-14(24)20-11(6-15(25)26)16(27)21-12(17(28)29)5-9-1-3-10(22)4-2-9/h1-4,11-12,22H,5-8,18H2,(H,19,23)(H,20,24)(H,21,27)(H,25,26)(H,28,29). The van der Waals surface area contributed by atoms with Gasteiger partial charge in [0.15, 0.2) is 0 Å². The molecule has 0 heterocycles. The van der Waals surface area contributed by atoms with Crippen molar-refractivity contribution in [3.63, 3.8) is 0 Å². The number of amides is 3. The van der Waals surface area contributed by atoms with Crippen LogP contribution in [0.25, 0.3) is 0 Å². The van der Waals surface area contributed by atoms with Crippen LogP contribution >= 0.6 is 0 Å². The van der Waals surface area contributed by atoms with Gasteiger partial charge in [-0.05, 0) is 17.7 Å². The minimum absolute atomic E-state index is 0.0179. The van der Waals surface area contributed by atoms with E-state index in [2.05, 4.69) is 16.0 Å². The minimum atomic E-state index is -1.56. The average molecular weight is 410 g/mol. The van der Waals surface area contributed by atoms with E-state index in [1.54, 1.807) is 0 Å². The van der Waals surface area contributed by atoms with Crippen LogP contribution in [0.4, 0.5) is 0 Å². The number of nitrogens with two attached hydrogens (primary N) is 1. The van der Waals surface area contributed by atoms with E-state index >= 15 is 0 Å². The molecule has 3 amide bonds. The van der Waals surface area contributed by atoms with E-state index in [1.807, 2.05) is 0 Å². The van der Waals surface area contributed by atoms with E-state index in [-0.39, 0.29) is 18.7 Å². The van der Waals surface area contributed by atoms with Crippen LogP contribution in [0.1, 0.15) is 12.0 Å². The zero-order valence-electron chi connectivity index (χ0n) is 15.3. The second-order valence-electron chi connectivity index (χ2n) is 5.97. The summed E-state index contributed by atoms with van der Waals surface area (Å²) in [5, 5.41) is 34.0. The molecule has 0 saturated heterocycles. The molecule has 1 aromatic carbocycles. The molecule has 2 atom stereocenters. The maximum Gasteiger partial charge on any atom is 0.326 e. The molecular formula is C17H22N4O8. The van der Waals surface area contributed by atoms with Crippen molar-refractivity contribution in [2.75, 3.05) is 13.1 Å². The molecule has 0 aromatic heterocycles. The molecule has 0 bridgehead atoms. The number of nitrogens with one attached hydrogen (secondary N) is 3. The van der Waals surface area contributed by atoms with Crippen molar-refractivity contribution in [1.29, 1.82) is 0 Å². The Hall–Kier alpha value is -3.67. The normalized spacial score (nSPS) is 12.3. The van der Waals surface area contributed by atoms with Gasteiger partial charge in [-0.15, -0.1) is 0 Å². The van der Waals surface area contributed by atoms with Crippen molar-refractivity contribution in [2.45, 2.75) is 24.9 Å². The van der Waals surface area contributed by atoms with Crippen LogP contribution in [0, 0.1) is 0 Å². The van der Waals surface area contributed by atoms with Crippen molar-refractivity contribution in [3.05, 3.63) is 29.8 Å². The van der Waals surface area contributed by atoms with Gasteiger partial charge in [0.05, 0.1) is 19.5 Å². The number of carboxylic acid groups (broad SMARTS) is 2. The van der Waals surface area contributed by atoms with Crippen molar-refractivity contribution in [3.8, 4) is 5.75 Å². The van der Waals surface area contributed by atoms with Gasteiger partial charge < -0.3 is 37.0 Å². The van der Waals surface area contributed by atoms with Gasteiger partial charge in [0.2, 0.25) is 17.7 Å².